The van der Waals surface area contributed by atoms with Crippen LogP contribution in [0.1, 0.15) is 18.4 Å². The van der Waals surface area contributed by atoms with Crippen LogP contribution in [0, 0.1) is 0 Å². The van der Waals surface area contributed by atoms with Crippen molar-refractivity contribution in [1.82, 2.24) is 5.01 Å². The summed E-state index contributed by atoms with van der Waals surface area (Å²) < 4.78 is 1.15. The monoisotopic (exact) mass is 254 g/mol. The van der Waals surface area contributed by atoms with Crippen molar-refractivity contribution in [2.45, 2.75) is 25.3 Å². The topological polar surface area (TPSA) is 29.3 Å². The maximum atomic E-state index is 5.89. The van der Waals surface area contributed by atoms with Crippen molar-refractivity contribution < 1.29 is 0 Å². The van der Waals surface area contributed by atoms with Gasteiger partial charge in [0.05, 0.1) is 0 Å². The van der Waals surface area contributed by atoms with Crippen LogP contribution >= 0.6 is 15.9 Å². The van der Waals surface area contributed by atoms with E-state index in [1.807, 2.05) is 5.01 Å². The van der Waals surface area contributed by atoms with Gasteiger partial charge in [-0.05, 0) is 37.0 Å². The predicted molar refractivity (Wildman–Crippen MR) is 61.8 cm³/mol. The highest BCUT2D eigenvalue weighted by Gasteiger charge is 2.21. The van der Waals surface area contributed by atoms with E-state index in [-0.39, 0.29) is 0 Å². The molecular weight excluding hydrogens is 240 g/mol. The number of rotatable bonds is 2. The van der Waals surface area contributed by atoms with Crippen molar-refractivity contribution in [3.05, 3.63) is 34.3 Å². The average molecular weight is 255 g/mol. The van der Waals surface area contributed by atoms with Crippen molar-refractivity contribution in [2.75, 3.05) is 6.54 Å². The first-order valence-corrected chi connectivity index (χ1v) is 5.81. The van der Waals surface area contributed by atoms with Gasteiger partial charge in [-0.15, -0.1) is 0 Å². The zero-order valence-corrected chi connectivity index (χ0v) is 9.70. The Morgan fingerprint density at radius 1 is 1.50 bits per heavy atom. The maximum Gasteiger partial charge on any atom is 0.0282 e. The molecular formula is C11H15BrN2. The summed E-state index contributed by atoms with van der Waals surface area (Å²) in [7, 11) is 0. The molecule has 76 valence electrons. The van der Waals surface area contributed by atoms with Crippen LogP contribution in [-0.4, -0.2) is 17.6 Å². The Balaban J connectivity index is 2.03. The Labute approximate surface area is 93.2 Å². The van der Waals surface area contributed by atoms with Crippen LogP contribution in [0.15, 0.2) is 28.7 Å². The lowest BCUT2D eigenvalue weighted by Crippen LogP contribution is -2.37. The summed E-state index contributed by atoms with van der Waals surface area (Å²) in [4.78, 5) is 0. The molecule has 1 unspecified atom stereocenters. The zero-order valence-electron chi connectivity index (χ0n) is 8.12. The zero-order chi connectivity index (χ0) is 9.97. The minimum atomic E-state index is 0.532. The summed E-state index contributed by atoms with van der Waals surface area (Å²) in [5, 5.41) is 1.97. The third-order valence-corrected chi connectivity index (χ3v) is 3.28. The van der Waals surface area contributed by atoms with Crippen LogP contribution in [0.4, 0.5) is 0 Å². The largest absolute Gasteiger partial charge is 0.269 e. The molecule has 0 saturated carbocycles. The fraction of sp³-hybridized carbons (Fsp3) is 0.455. The molecule has 0 aromatic heterocycles. The van der Waals surface area contributed by atoms with Gasteiger partial charge >= 0.3 is 0 Å². The quantitative estimate of drug-likeness (QED) is 0.822. The van der Waals surface area contributed by atoms with Gasteiger partial charge in [-0.25, -0.2) is 5.01 Å². The van der Waals surface area contributed by atoms with E-state index < -0.39 is 0 Å². The second-order valence-electron chi connectivity index (χ2n) is 3.87. The van der Waals surface area contributed by atoms with Crippen LogP contribution in [-0.2, 0) is 6.42 Å². The fourth-order valence-electron chi connectivity index (χ4n) is 2.01. The first kappa shape index (κ1) is 10.1. The Morgan fingerprint density at radius 3 is 3.00 bits per heavy atom. The molecule has 1 heterocycles. The van der Waals surface area contributed by atoms with Gasteiger partial charge in [0.15, 0.2) is 0 Å². The Bertz CT molecular complexity index is 314. The summed E-state index contributed by atoms with van der Waals surface area (Å²) >= 11 is 3.48. The van der Waals surface area contributed by atoms with Crippen molar-refractivity contribution in [3.8, 4) is 0 Å². The van der Waals surface area contributed by atoms with Gasteiger partial charge in [0.2, 0.25) is 0 Å². The third-order valence-electron chi connectivity index (χ3n) is 2.78. The molecule has 0 radical (unpaired) electrons. The van der Waals surface area contributed by atoms with Crippen LogP contribution in [0.2, 0.25) is 0 Å². The second-order valence-corrected chi connectivity index (χ2v) is 4.78. The van der Waals surface area contributed by atoms with Gasteiger partial charge in [0, 0.05) is 17.1 Å². The van der Waals surface area contributed by atoms with E-state index in [0.717, 1.165) is 17.4 Å². The molecule has 0 amide bonds. The first-order chi connectivity index (χ1) is 6.75. The molecule has 3 heteroatoms. The number of benzene rings is 1. The lowest BCUT2D eigenvalue weighted by Gasteiger charge is -2.18. The van der Waals surface area contributed by atoms with E-state index in [4.69, 9.17) is 5.84 Å². The first-order valence-electron chi connectivity index (χ1n) is 5.01. The van der Waals surface area contributed by atoms with Crippen molar-refractivity contribution in [2.24, 2.45) is 5.84 Å². The highest BCUT2D eigenvalue weighted by Crippen LogP contribution is 2.19. The summed E-state index contributed by atoms with van der Waals surface area (Å²) in [5.74, 6) is 5.89. The van der Waals surface area contributed by atoms with Gasteiger partial charge < -0.3 is 0 Å². The molecule has 1 saturated heterocycles. The van der Waals surface area contributed by atoms with Crippen LogP contribution < -0.4 is 5.84 Å². The maximum absolute atomic E-state index is 5.89. The molecule has 0 spiro atoms. The minimum Gasteiger partial charge on any atom is -0.269 e. The summed E-state index contributed by atoms with van der Waals surface area (Å²) in [6, 6.07) is 9.00. The Hall–Kier alpha value is -0.380. The fourth-order valence-corrected chi connectivity index (χ4v) is 2.46. The average Bonchev–Trinajstić information content (AvgIpc) is 2.52. The van der Waals surface area contributed by atoms with E-state index >= 15 is 0 Å². The smallest absolute Gasteiger partial charge is 0.0282 e. The van der Waals surface area contributed by atoms with Gasteiger partial charge in [0.25, 0.3) is 0 Å². The molecule has 2 rings (SSSR count). The lowest BCUT2D eigenvalue weighted by atomic mass is 10.0. The normalized spacial score (nSPS) is 22.9. The number of nitrogens with two attached hydrogens (primary N) is 1. The van der Waals surface area contributed by atoms with E-state index in [9.17, 15) is 0 Å². The molecule has 1 atom stereocenters. The summed E-state index contributed by atoms with van der Waals surface area (Å²) in [6.45, 7) is 1.04. The minimum absolute atomic E-state index is 0.532. The molecule has 2 N–H and O–H groups in total. The molecule has 1 aliphatic rings. The van der Waals surface area contributed by atoms with Gasteiger partial charge in [-0.3, -0.25) is 5.84 Å². The highest BCUT2D eigenvalue weighted by molar-refractivity contribution is 9.10. The number of nitrogens with zero attached hydrogens (tertiary/aromatic N) is 1. The van der Waals surface area contributed by atoms with Gasteiger partial charge in [0.1, 0.15) is 0 Å². The lowest BCUT2D eigenvalue weighted by molar-refractivity contribution is 0.260. The van der Waals surface area contributed by atoms with Crippen LogP contribution in [0.5, 0.6) is 0 Å². The number of hydrazine groups is 1. The SMILES string of the molecule is NN1CCCC1Cc1cccc(Br)c1. The third kappa shape index (κ3) is 2.35. The molecule has 1 fully saturated rings. The number of halogens is 1. The van der Waals surface area contributed by atoms with Crippen molar-refractivity contribution in [3.63, 3.8) is 0 Å². The Kier molecular flexibility index (Phi) is 3.21. The molecule has 1 aromatic carbocycles. The molecule has 0 bridgehead atoms. The standard InChI is InChI=1S/C11H15BrN2/c12-10-4-1-3-9(7-10)8-11-5-2-6-14(11)13/h1,3-4,7,11H,2,5-6,8,13H2. The van der Waals surface area contributed by atoms with Crippen LogP contribution in [0.3, 0.4) is 0 Å². The molecule has 14 heavy (non-hydrogen) atoms. The van der Waals surface area contributed by atoms with E-state index in [1.165, 1.54) is 18.4 Å². The van der Waals surface area contributed by atoms with E-state index in [0.29, 0.717) is 6.04 Å². The Morgan fingerprint density at radius 2 is 2.36 bits per heavy atom. The van der Waals surface area contributed by atoms with Gasteiger partial charge in [-0.1, -0.05) is 28.1 Å². The summed E-state index contributed by atoms with van der Waals surface area (Å²) in [5.41, 5.74) is 1.36. The number of hydrogen-bond acceptors (Lipinski definition) is 2. The van der Waals surface area contributed by atoms with Crippen molar-refractivity contribution >= 4 is 15.9 Å². The summed E-state index contributed by atoms with van der Waals surface area (Å²) in [6.07, 6.45) is 3.52. The molecule has 2 nitrogen and oxygen atoms in total. The highest BCUT2D eigenvalue weighted by atomic mass is 79.9. The van der Waals surface area contributed by atoms with Crippen LogP contribution in [0.25, 0.3) is 0 Å². The van der Waals surface area contributed by atoms with E-state index in [1.54, 1.807) is 0 Å². The van der Waals surface area contributed by atoms with E-state index in [2.05, 4.69) is 40.2 Å². The molecule has 1 aliphatic heterocycles. The second kappa shape index (κ2) is 4.43. The number of hydrogen-bond donors (Lipinski definition) is 1. The molecule has 1 aromatic rings. The predicted octanol–water partition coefficient (Wildman–Crippen LogP) is 2.33. The van der Waals surface area contributed by atoms with Gasteiger partial charge in [-0.2, -0.15) is 0 Å². The molecule has 0 aliphatic carbocycles. The van der Waals surface area contributed by atoms with Crippen molar-refractivity contribution in [1.29, 1.82) is 0 Å².